The van der Waals surface area contributed by atoms with Crippen LogP contribution in [0.5, 0.6) is 0 Å². The number of urea groups is 1. The summed E-state index contributed by atoms with van der Waals surface area (Å²) < 4.78 is 33.0. The molecule has 3 rings (SSSR count). The summed E-state index contributed by atoms with van der Waals surface area (Å²) in [5, 5.41) is 9.48. The van der Waals surface area contributed by atoms with E-state index in [1.807, 2.05) is 0 Å². The molecule has 1 aromatic heterocycles. The molecule has 0 radical (unpaired) electrons. The molecule has 1 unspecified atom stereocenters. The van der Waals surface area contributed by atoms with Crippen molar-refractivity contribution in [2.75, 3.05) is 25.4 Å². The van der Waals surface area contributed by atoms with Crippen molar-refractivity contribution in [3.63, 3.8) is 0 Å². The first-order valence-corrected chi connectivity index (χ1v) is 7.56. The van der Waals surface area contributed by atoms with Crippen LogP contribution in [-0.2, 0) is 4.74 Å². The fourth-order valence-corrected chi connectivity index (χ4v) is 2.60. The number of alkyl halides is 2. The van der Waals surface area contributed by atoms with Crippen molar-refractivity contribution in [3.8, 4) is 0 Å². The molecule has 126 valence electrons. The lowest BCUT2D eigenvalue weighted by Gasteiger charge is -2.38. The largest absolute Gasteiger partial charge is 0.382 e. The fraction of sp³-hybridized carbons (Fsp3) is 0.615. The van der Waals surface area contributed by atoms with Crippen LogP contribution in [0.15, 0.2) is 6.07 Å². The first-order chi connectivity index (χ1) is 10.9. The number of hydrogen-bond acceptors (Lipinski definition) is 5. The second-order valence-corrected chi connectivity index (χ2v) is 6.06. The van der Waals surface area contributed by atoms with Crippen molar-refractivity contribution < 1.29 is 18.3 Å². The number of halogens is 3. The Morgan fingerprint density at radius 2 is 2.26 bits per heavy atom. The number of anilines is 1. The molecule has 1 atom stereocenters. The second kappa shape index (κ2) is 6.04. The highest BCUT2D eigenvalue weighted by atomic mass is 35.5. The molecule has 0 spiro atoms. The summed E-state index contributed by atoms with van der Waals surface area (Å²) >= 11 is 6.03. The van der Waals surface area contributed by atoms with Gasteiger partial charge in [0.05, 0.1) is 31.8 Å². The van der Waals surface area contributed by atoms with Gasteiger partial charge in [0.2, 0.25) is 0 Å². The predicted molar refractivity (Wildman–Crippen MR) is 78.2 cm³/mol. The molecular weight excluding hydrogens is 332 g/mol. The predicted octanol–water partition coefficient (Wildman–Crippen LogP) is 1.59. The molecule has 2 fully saturated rings. The normalized spacial score (nSPS) is 21.9. The van der Waals surface area contributed by atoms with Gasteiger partial charge in [0, 0.05) is 5.56 Å². The third kappa shape index (κ3) is 3.78. The molecule has 1 saturated carbocycles. The van der Waals surface area contributed by atoms with E-state index < -0.39 is 31.1 Å². The zero-order valence-corrected chi connectivity index (χ0v) is 12.9. The van der Waals surface area contributed by atoms with Gasteiger partial charge in [-0.1, -0.05) is 11.6 Å². The van der Waals surface area contributed by atoms with Crippen molar-refractivity contribution in [1.29, 1.82) is 0 Å². The lowest BCUT2D eigenvalue weighted by molar-refractivity contribution is -0.0541. The molecule has 0 bridgehead atoms. The van der Waals surface area contributed by atoms with E-state index in [1.54, 1.807) is 0 Å². The maximum absolute atomic E-state index is 13.7. The minimum Gasteiger partial charge on any atom is -0.382 e. The molecule has 7 nitrogen and oxygen atoms in total. The molecule has 1 aliphatic heterocycles. The van der Waals surface area contributed by atoms with E-state index in [4.69, 9.17) is 22.1 Å². The number of carbonyl (C=O) groups is 1. The van der Waals surface area contributed by atoms with Gasteiger partial charge in [-0.15, -0.1) is 10.2 Å². The van der Waals surface area contributed by atoms with Gasteiger partial charge in [-0.3, -0.25) is 0 Å². The van der Waals surface area contributed by atoms with E-state index in [-0.39, 0.29) is 23.7 Å². The van der Waals surface area contributed by atoms with E-state index in [0.717, 1.165) is 17.7 Å². The number of ether oxygens (including phenoxy) is 1. The molecule has 3 N–H and O–H groups in total. The fourth-order valence-electron chi connectivity index (χ4n) is 2.39. The standard InChI is InChI=1S/C13H16ClF2N5O2/c14-11-8(3-10(17)19-20-11)9(4-23-7-1-2-7)21-6-13(15,16)5-18-12(21)22/h3,7,9H,1-2,4-6H2,(H2,17,19)(H,18,22). The van der Waals surface area contributed by atoms with Crippen LogP contribution in [-0.4, -0.2) is 52.9 Å². The van der Waals surface area contributed by atoms with Crippen molar-refractivity contribution in [2.24, 2.45) is 0 Å². The summed E-state index contributed by atoms with van der Waals surface area (Å²) in [6, 6.07) is 0.00914. The van der Waals surface area contributed by atoms with E-state index >= 15 is 0 Å². The topological polar surface area (TPSA) is 93.4 Å². The van der Waals surface area contributed by atoms with Crippen LogP contribution in [0.2, 0.25) is 5.15 Å². The highest BCUT2D eigenvalue weighted by Crippen LogP contribution is 2.33. The molecule has 0 aromatic carbocycles. The molecule has 1 saturated heterocycles. The van der Waals surface area contributed by atoms with Crippen LogP contribution in [0, 0.1) is 0 Å². The van der Waals surface area contributed by atoms with Crippen molar-refractivity contribution in [1.82, 2.24) is 20.4 Å². The Balaban J connectivity index is 1.90. The maximum atomic E-state index is 13.7. The van der Waals surface area contributed by atoms with Crippen LogP contribution in [0.25, 0.3) is 0 Å². The Bertz CT molecular complexity index is 614. The number of aromatic nitrogens is 2. The molecular formula is C13H16ClF2N5O2. The van der Waals surface area contributed by atoms with E-state index in [1.165, 1.54) is 6.07 Å². The van der Waals surface area contributed by atoms with Gasteiger partial charge in [0.1, 0.15) is 5.82 Å². The second-order valence-electron chi connectivity index (χ2n) is 5.71. The third-order valence-corrected chi connectivity index (χ3v) is 4.00. The maximum Gasteiger partial charge on any atom is 0.318 e. The van der Waals surface area contributed by atoms with E-state index in [2.05, 4.69) is 15.5 Å². The summed E-state index contributed by atoms with van der Waals surface area (Å²) in [7, 11) is 0. The minimum absolute atomic E-state index is 0.00490. The monoisotopic (exact) mass is 347 g/mol. The SMILES string of the molecule is Nc1cc(C(COC2CC2)N2CC(F)(F)CNC2=O)c(Cl)nn1. The molecule has 23 heavy (non-hydrogen) atoms. The van der Waals surface area contributed by atoms with Gasteiger partial charge < -0.3 is 20.7 Å². The van der Waals surface area contributed by atoms with Crippen LogP contribution < -0.4 is 11.1 Å². The average Bonchev–Trinajstić information content (AvgIpc) is 3.30. The summed E-state index contributed by atoms with van der Waals surface area (Å²) in [5.74, 6) is -2.95. The summed E-state index contributed by atoms with van der Waals surface area (Å²) in [6.07, 6.45) is 1.93. The number of nitrogen functional groups attached to an aromatic ring is 1. The van der Waals surface area contributed by atoms with E-state index in [9.17, 15) is 13.6 Å². The van der Waals surface area contributed by atoms with Gasteiger partial charge in [-0.05, 0) is 18.9 Å². The highest BCUT2D eigenvalue weighted by molar-refractivity contribution is 6.30. The quantitative estimate of drug-likeness (QED) is 0.843. The Morgan fingerprint density at radius 3 is 2.96 bits per heavy atom. The number of amides is 2. The van der Waals surface area contributed by atoms with Crippen molar-refractivity contribution >= 4 is 23.4 Å². The first-order valence-electron chi connectivity index (χ1n) is 7.18. The Labute approximate surface area is 136 Å². The van der Waals surface area contributed by atoms with Crippen LogP contribution in [0.1, 0.15) is 24.4 Å². The van der Waals surface area contributed by atoms with Gasteiger partial charge in [-0.25, -0.2) is 13.6 Å². The van der Waals surface area contributed by atoms with Gasteiger partial charge in [-0.2, -0.15) is 0 Å². The zero-order valence-electron chi connectivity index (χ0n) is 12.1. The Hall–Kier alpha value is -1.74. The van der Waals surface area contributed by atoms with Crippen molar-refractivity contribution in [3.05, 3.63) is 16.8 Å². The Morgan fingerprint density at radius 1 is 1.52 bits per heavy atom. The summed E-state index contributed by atoms with van der Waals surface area (Å²) in [5.41, 5.74) is 5.95. The third-order valence-electron chi connectivity index (χ3n) is 3.71. The molecule has 2 amide bonds. The first kappa shape index (κ1) is 16.1. The molecule has 2 heterocycles. The van der Waals surface area contributed by atoms with Crippen molar-refractivity contribution in [2.45, 2.75) is 30.9 Å². The Kier molecular flexibility index (Phi) is 4.24. The number of hydrogen-bond donors (Lipinski definition) is 2. The number of carbonyl (C=O) groups excluding carboxylic acids is 1. The summed E-state index contributed by atoms with van der Waals surface area (Å²) in [6.45, 7) is -1.38. The van der Waals surface area contributed by atoms with Gasteiger partial charge in [0.25, 0.3) is 5.92 Å². The van der Waals surface area contributed by atoms with Gasteiger partial charge in [0.15, 0.2) is 5.15 Å². The van der Waals surface area contributed by atoms with E-state index in [0.29, 0.717) is 5.56 Å². The lowest BCUT2D eigenvalue weighted by Crippen LogP contribution is -2.58. The number of nitrogens with one attached hydrogen (secondary N) is 1. The van der Waals surface area contributed by atoms with Crippen LogP contribution in [0.4, 0.5) is 19.4 Å². The zero-order chi connectivity index (χ0) is 16.6. The molecule has 2 aliphatic rings. The van der Waals surface area contributed by atoms with Crippen LogP contribution >= 0.6 is 11.6 Å². The number of nitrogens with zero attached hydrogens (tertiary/aromatic N) is 3. The molecule has 1 aromatic rings. The smallest absolute Gasteiger partial charge is 0.318 e. The number of rotatable bonds is 5. The lowest BCUT2D eigenvalue weighted by atomic mass is 10.1. The van der Waals surface area contributed by atoms with Gasteiger partial charge >= 0.3 is 6.03 Å². The molecule has 1 aliphatic carbocycles. The highest BCUT2D eigenvalue weighted by Gasteiger charge is 2.43. The average molecular weight is 348 g/mol. The summed E-state index contributed by atoms with van der Waals surface area (Å²) in [4.78, 5) is 13.1. The van der Waals surface area contributed by atoms with Crippen LogP contribution in [0.3, 0.4) is 0 Å². The molecule has 10 heteroatoms. The number of nitrogens with two attached hydrogens (primary N) is 1. The minimum atomic E-state index is -3.04.